The van der Waals surface area contributed by atoms with Gasteiger partial charge in [0.05, 0.1) is 18.2 Å². The van der Waals surface area contributed by atoms with Crippen LogP contribution < -0.4 is 5.32 Å². The predicted molar refractivity (Wildman–Crippen MR) is 99.1 cm³/mol. The molecule has 1 heterocycles. The number of carboxylic acids is 1. The second-order valence-corrected chi connectivity index (χ2v) is 6.39. The average molecular weight is 404 g/mol. The summed E-state index contributed by atoms with van der Waals surface area (Å²) in [6, 6.07) is 11.9. The summed E-state index contributed by atoms with van der Waals surface area (Å²) in [5.74, 6) is -2.59. The van der Waals surface area contributed by atoms with Crippen LogP contribution in [0.15, 0.2) is 54.6 Å². The third kappa shape index (κ3) is 4.47. The molecular formula is C19H15ClFN3O4. The first kappa shape index (κ1) is 19.4. The molecule has 9 heteroatoms. The third-order valence-electron chi connectivity index (χ3n) is 3.93. The van der Waals surface area contributed by atoms with E-state index in [4.69, 9.17) is 16.7 Å². The monoisotopic (exact) mass is 403 g/mol. The summed E-state index contributed by atoms with van der Waals surface area (Å²) in [6.45, 7) is 0. The van der Waals surface area contributed by atoms with E-state index in [0.717, 1.165) is 10.7 Å². The summed E-state index contributed by atoms with van der Waals surface area (Å²) >= 11 is 5.93. The van der Waals surface area contributed by atoms with E-state index in [1.165, 1.54) is 24.3 Å². The number of halogens is 2. The Labute approximate surface area is 164 Å². The molecular weight excluding hydrogens is 389 g/mol. The molecule has 2 aromatic carbocycles. The molecule has 28 heavy (non-hydrogen) atoms. The molecule has 3 aromatic rings. The van der Waals surface area contributed by atoms with Crippen LogP contribution in [0.5, 0.6) is 5.88 Å². The Morgan fingerprint density at radius 2 is 1.89 bits per heavy atom. The van der Waals surface area contributed by atoms with E-state index in [1.807, 2.05) is 0 Å². The molecule has 0 radical (unpaired) electrons. The van der Waals surface area contributed by atoms with E-state index in [0.29, 0.717) is 16.3 Å². The zero-order valence-electron chi connectivity index (χ0n) is 14.3. The lowest BCUT2D eigenvalue weighted by Gasteiger charge is -2.16. The van der Waals surface area contributed by atoms with Gasteiger partial charge >= 0.3 is 5.97 Å². The van der Waals surface area contributed by atoms with Gasteiger partial charge in [-0.1, -0.05) is 29.8 Å². The van der Waals surface area contributed by atoms with E-state index < -0.39 is 30.2 Å². The Morgan fingerprint density at radius 3 is 2.54 bits per heavy atom. The van der Waals surface area contributed by atoms with E-state index >= 15 is 0 Å². The Morgan fingerprint density at radius 1 is 1.18 bits per heavy atom. The first-order chi connectivity index (χ1) is 13.3. The minimum absolute atomic E-state index is 0.116. The van der Waals surface area contributed by atoms with E-state index in [1.54, 1.807) is 24.3 Å². The largest absolute Gasteiger partial charge is 0.493 e. The fourth-order valence-corrected chi connectivity index (χ4v) is 2.82. The number of nitrogens with zero attached hydrogens (tertiary/aromatic N) is 2. The van der Waals surface area contributed by atoms with Crippen molar-refractivity contribution in [2.75, 3.05) is 0 Å². The zero-order valence-corrected chi connectivity index (χ0v) is 15.1. The lowest BCUT2D eigenvalue weighted by Crippen LogP contribution is -2.30. The number of aromatic hydroxyl groups is 1. The number of aromatic nitrogens is 2. The number of carboxylic acid groups (broad SMARTS) is 1. The van der Waals surface area contributed by atoms with Crippen molar-refractivity contribution in [3.05, 3.63) is 76.7 Å². The molecule has 0 aliphatic carbocycles. The highest BCUT2D eigenvalue weighted by Crippen LogP contribution is 2.22. The van der Waals surface area contributed by atoms with Crippen LogP contribution in [0.4, 0.5) is 4.39 Å². The molecule has 3 rings (SSSR count). The highest BCUT2D eigenvalue weighted by Gasteiger charge is 2.22. The molecule has 1 atom stereocenters. The van der Waals surface area contributed by atoms with Gasteiger partial charge in [-0.2, -0.15) is 5.10 Å². The molecule has 0 saturated heterocycles. The number of hydrogen-bond acceptors (Lipinski definition) is 4. The summed E-state index contributed by atoms with van der Waals surface area (Å²) in [4.78, 5) is 23.7. The number of nitrogens with one attached hydrogen (secondary N) is 1. The maximum Gasteiger partial charge on any atom is 0.305 e. The SMILES string of the molecule is O=C(O)C[C@H](NC(=O)c1cc(O)n(-c2cccc(Cl)c2)n1)c1ccc(F)cc1. The number of rotatable bonds is 6. The lowest BCUT2D eigenvalue weighted by atomic mass is 10.0. The van der Waals surface area contributed by atoms with Crippen molar-refractivity contribution in [1.82, 2.24) is 15.1 Å². The molecule has 3 N–H and O–H groups in total. The van der Waals surface area contributed by atoms with Gasteiger partial charge in [0.1, 0.15) is 5.82 Å². The Balaban J connectivity index is 1.85. The summed E-state index contributed by atoms with van der Waals surface area (Å²) in [5.41, 5.74) is 0.760. The Hall–Kier alpha value is -3.39. The summed E-state index contributed by atoms with van der Waals surface area (Å²) in [5, 5.41) is 26.2. The highest BCUT2D eigenvalue weighted by molar-refractivity contribution is 6.30. The predicted octanol–water partition coefficient (Wildman–Crippen LogP) is 3.32. The molecule has 0 spiro atoms. The molecule has 0 unspecified atom stereocenters. The van der Waals surface area contributed by atoms with Crippen LogP contribution in [0.2, 0.25) is 5.02 Å². The maximum absolute atomic E-state index is 13.1. The zero-order chi connectivity index (χ0) is 20.3. The Bertz CT molecular complexity index is 1020. The fourth-order valence-electron chi connectivity index (χ4n) is 2.63. The first-order valence-electron chi connectivity index (χ1n) is 8.16. The number of hydrogen-bond donors (Lipinski definition) is 3. The summed E-state index contributed by atoms with van der Waals surface area (Å²) < 4.78 is 14.3. The van der Waals surface area contributed by atoms with Gasteiger partial charge in [-0.25, -0.2) is 9.07 Å². The molecule has 144 valence electrons. The van der Waals surface area contributed by atoms with Gasteiger partial charge in [0.2, 0.25) is 5.88 Å². The van der Waals surface area contributed by atoms with Gasteiger partial charge in [-0.15, -0.1) is 0 Å². The normalized spacial score (nSPS) is 11.8. The van der Waals surface area contributed by atoms with Crippen LogP contribution in [-0.4, -0.2) is 31.9 Å². The van der Waals surface area contributed by atoms with Crippen molar-refractivity contribution in [2.45, 2.75) is 12.5 Å². The van der Waals surface area contributed by atoms with Gasteiger partial charge in [0, 0.05) is 11.1 Å². The first-order valence-corrected chi connectivity index (χ1v) is 8.54. The number of amides is 1. The number of benzene rings is 2. The fraction of sp³-hybridized carbons (Fsp3) is 0.105. The van der Waals surface area contributed by atoms with E-state index in [2.05, 4.69) is 10.4 Å². The standard InChI is InChI=1S/C19H15ClFN3O4/c20-12-2-1-3-14(8-12)24-17(25)9-16(23-24)19(28)22-15(10-18(26)27)11-4-6-13(21)7-5-11/h1-9,15,25H,10H2,(H,22,28)(H,26,27)/t15-/m0/s1. The van der Waals surface area contributed by atoms with Gasteiger partial charge in [0.15, 0.2) is 5.69 Å². The number of carbonyl (C=O) groups is 2. The Kier molecular flexibility index (Phi) is 5.60. The third-order valence-corrected chi connectivity index (χ3v) is 4.17. The van der Waals surface area contributed by atoms with Crippen molar-refractivity contribution in [2.24, 2.45) is 0 Å². The quantitative estimate of drug-likeness (QED) is 0.585. The average Bonchev–Trinajstić information content (AvgIpc) is 3.03. The lowest BCUT2D eigenvalue weighted by molar-refractivity contribution is -0.137. The summed E-state index contributed by atoms with van der Waals surface area (Å²) in [7, 11) is 0. The van der Waals surface area contributed by atoms with Gasteiger partial charge in [0.25, 0.3) is 5.91 Å². The van der Waals surface area contributed by atoms with Crippen molar-refractivity contribution >= 4 is 23.5 Å². The molecule has 7 nitrogen and oxygen atoms in total. The van der Waals surface area contributed by atoms with Crippen molar-refractivity contribution in [3.63, 3.8) is 0 Å². The van der Waals surface area contributed by atoms with E-state index in [-0.39, 0.29) is 11.6 Å². The topological polar surface area (TPSA) is 104 Å². The minimum atomic E-state index is -1.14. The van der Waals surface area contributed by atoms with Crippen LogP contribution in [0.25, 0.3) is 5.69 Å². The smallest absolute Gasteiger partial charge is 0.305 e. The van der Waals surface area contributed by atoms with E-state index in [9.17, 15) is 19.1 Å². The van der Waals surface area contributed by atoms with Gasteiger partial charge < -0.3 is 15.5 Å². The highest BCUT2D eigenvalue weighted by atomic mass is 35.5. The van der Waals surface area contributed by atoms with Crippen molar-refractivity contribution in [1.29, 1.82) is 0 Å². The number of carbonyl (C=O) groups excluding carboxylic acids is 1. The second-order valence-electron chi connectivity index (χ2n) is 5.95. The molecule has 0 aliphatic rings. The minimum Gasteiger partial charge on any atom is -0.493 e. The molecule has 0 bridgehead atoms. The van der Waals surface area contributed by atoms with Gasteiger partial charge in [-0.05, 0) is 35.9 Å². The second kappa shape index (κ2) is 8.10. The molecule has 1 amide bonds. The van der Waals surface area contributed by atoms with Crippen LogP contribution in [0.1, 0.15) is 28.5 Å². The molecule has 0 aliphatic heterocycles. The van der Waals surface area contributed by atoms with Gasteiger partial charge in [-0.3, -0.25) is 9.59 Å². The van der Waals surface area contributed by atoms with Crippen LogP contribution in [0, 0.1) is 5.82 Å². The van der Waals surface area contributed by atoms with Crippen molar-refractivity contribution < 1.29 is 24.2 Å². The molecule has 0 saturated carbocycles. The van der Waals surface area contributed by atoms with Crippen LogP contribution >= 0.6 is 11.6 Å². The summed E-state index contributed by atoms with van der Waals surface area (Å²) in [6.07, 6.45) is -0.404. The molecule has 1 aromatic heterocycles. The van der Waals surface area contributed by atoms with Crippen LogP contribution in [-0.2, 0) is 4.79 Å². The van der Waals surface area contributed by atoms with Crippen LogP contribution in [0.3, 0.4) is 0 Å². The maximum atomic E-state index is 13.1. The number of aliphatic carboxylic acids is 1. The van der Waals surface area contributed by atoms with Crippen molar-refractivity contribution in [3.8, 4) is 11.6 Å². The molecule has 0 fully saturated rings.